The Hall–Kier alpha value is -0.962. The SMILES string of the molecule is OC1C(O)[C@H](O)C(CCP(O)O)O[C@@H]1Oc1ccc(-c2c[n-]nn2)cc1.[W]. The molecule has 5 N–H and O–H groups in total. The maximum absolute atomic E-state index is 10.1. The first-order valence-corrected chi connectivity index (χ1v) is 9.32. The summed E-state index contributed by atoms with van der Waals surface area (Å²) in [6.45, 7) is 0. The third kappa shape index (κ3) is 5.53. The van der Waals surface area contributed by atoms with E-state index in [9.17, 15) is 15.3 Å². The van der Waals surface area contributed by atoms with E-state index in [0.717, 1.165) is 5.56 Å². The van der Waals surface area contributed by atoms with Gasteiger partial charge in [0.25, 0.3) is 0 Å². The molecule has 1 aliphatic rings. The van der Waals surface area contributed by atoms with E-state index in [-0.39, 0.29) is 33.6 Å². The summed E-state index contributed by atoms with van der Waals surface area (Å²) in [5.41, 5.74) is 1.38. The van der Waals surface area contributed by atoms with Gasteiger partial charge >= 0.3 is 0 Å². The molecule has 1 aliphatic heterocycles. The molecule has 148 valence electrons. The van der Waals surface area contributed by atoms with Crippen LogP contribution in [0, 0.1) is 0 Å². The molecule has 0 spiro atoms. The summed E-state index contributed by atoms with van der Waals surface area (Å²) in [5, 5.41) is 41.1. The molecule has 1 aromatic heterocycles. The number of rotatable bonds is 6. The van der Waals surface area contributed by atoms with Crippen molar-refractivity contribution >= 4 is 8.38 Å². The van der Waals surface area contributed by atoms with Crippen LogP contribution in [0.1, 0.15) is 6.42 Å². The normalized spacial score (nSPS) is 28.0. The Labute approximate surface area is 170 Å². The predicted octanol–water partition coefficient (Wildman–Crippen LogP) is -1.03. The van der Waals surface area contributed by atoms with Gasteiger partial charge in [0.15, 0.2) is 8.38 Å². The molecular weight excluding hydrogens is 549 g/mol. The molecule has 0 aliphatic carbocycles. The van der Waals surface area contributed by atoms with Crippen molar-refractivity contribution in [2.45, 2.75) is 37.1 Å². The number of benzene rings is 1. The van der Waals surface area contributed by atoms with Gasteiger partial charge in [-0.1, -0.05) is 18.3 Å². The molecular formula is C15H19N3O7PW-. The average molecular weight is 568 g/mol. The third-order valence-corrected chi connectivity index (χ3v) is 4.73. The second-order valence-electron chi connectivity index (χ2n) is 5.86. The van der Waals surface area contributed by atoms with Crippen LogP contribution >= 0.6 is 8.38 Å². The fourth-order valence-electron chi connectivity index (χ4n) is 2.65. The monoisotopic (exact) mass is 568 g/mol. The number of hydrogen-bond acceptors (Lipinski definition) is 9. The molecule has 2 heterocycles. The van der Waals surface area contributed by atoms with E-state index in [1.165, 1.54) is 6.20 Å². The standard InChI is InChI=1S/C15H19N3O7P.W/c19-12-11(5-6-26(22)23)25-15(14(21)13(12)20)24-9-3-1-8(2-4-9)10-7-16-18-17-10;/h1-4,7,11-15,19-23H,5-6H2;/q-1;/t11?,12-,13?,14?,15+;/m1./s1. The number of nitrogens with zero attached hydrogens (tertiary/aromatic N) is 3. The van der Waals surface area contributed by atoms with E-state index in [1.807, 2.05) is 0 Å². The van der Waals surface area contributed by atoms with Gasteiger partial charge in [-0.15, -0.1) is 0 Å². The Morgan fingerprint density at radius 2 is 1.78 bits per heavy atom. The van der Waals surface area contributed by atoms with Gasteiger partial charge in [0.1, 0.15) is 24.1 Å². The van der Waals surface area contributed by atoms with E-state index in [4.69, 9.17) is 19.3 Å². The molecule has 2 aromatic rings. The van der Waals surface area contributed by atoms with Crippen LogP contribution in [-0.4, -0.2) is 72.3 Å². The van der Waals surface area contributed by atoms with Crippen LogP contribution in [0.25, 0.3) is 11.3 Å². The van der Waals surface area contributed by atoms with Crippen molar-refractivity contribution in [3.05, 3.63) is 30.5 Å². The number of ether oxygens (including phenoxy) is 2. The minimum Gasteiger partial charge on any atom is -0.462 e. The first kappa shape index (κ1) is 22.3. The molecule has 0 saturated carbocycles. The van der Waals surface area contributed by atoms with Gasteiger partial charge in [-0.3, -0.25) is 5.21 Å². The molecule has 3 unspecified atom stereocenters. The smallest absolute Gasteiger partial charge is 0.229 e. The molecule has 1 fully saturated rings. The first-order valence-electron chi connectivity index (χ1n) is 7.89. The van der Waals surface area contributed by atoms with Crippen molar-refractivity contribution in [2.24, 2.45) is 0 Å². The summed E-state index contributed by atoms with van der Waals surface area (Å²) in [6, 6.07) is 6.72. The maximum atomic E-state index is 10.1. The molecule has 12 heteroatoms. The van der Waals surface area contributed by atoms with Crippen molar-refractivity contribution in [1.82, 2.24) is 15.4 Å². The van der Waals surface area contributed by atoms with Gasteiger partial charge in [0.05, 0.1) is 6.10 Å². The Balaban J connectivity index is 0.00000261. The van der Waals surface area contributed by atoms with Crippen LogP contribution in [0.5, 0.6) is 5.75 Å². The van der Waals surface area contributed by atoms with Crippen molar-refractivity contribution in [3.63, 3.8) is 0 Å². The van der Waals surface area contributed by atoms with Gasteiger partial charge < -0.3 is 44.8 Å². The number of hydrogen-bond donors (Lipinski definition) is 5. The Bertz CT molecular complexity index is 691. The van der Waals surface area contributed by atoms with Crippen molar-refractivity contribution in [3.8, 4) is 17.0 Å². The first-order chi connectivity index (χ1) is 12.5. The van der Waals surface area contributed by atoms with Gasteiger partial charge in [-0.25, -0.2) is 0 Å². The minimum absolute atomic E-state index is 0. The molecule has 3 rings (SSSR count). The van der Waals surface area contributed by atoms with Crippen LogP contribution in [0.3, 0.4) is 0 Å². The second-order valence-corrected chi connectivity index (χ2v) is 7.05. The van der Waals surface area contributed by atoms with Crippen LogP contribution in [0.4, 0.5) is 0 Å². The van der Waals surface area contributed by atoms with Crippen LogP contribution < -0.4 is 9.84 Å². The molecule has 10 nitrogen and oxygen atoms in total. The van der Waals surface area contributed by atoms with E-state index in [0.29, 0.717) is 11.4 Å². The van der Waals surface area contributed by atoms with E-state index in [1.54, 1.807) is 24.3 Å². The Kier molecular flexibility index (Phi) is 8.27. The minimum atomic E-state index is -2.15. The van der Waals surface area contributed by atoms with Gasteiger partial charge in [-0.05, 0) is 29.8 Å². The topological polar surface area (TPSA) is 159 Å². The molecule has 0 amide bonds. The fourth-order valence-corrected chi connectivity index (χ4v) is 3.13. The van der Waals surface area contributed by atoms with Crippen molar-refractivity contribution in [2.75, 3.05) is 6.16 Å². The third-order valence-electron chi connectivity index (χ3n) is 4.07. The second kappa shape index (κ2) is 10.00. The van der Waals surface area contributed by atoms with Gasteiger partial charge in [-0.2, -0.15) is 0 Å². The van der Waals surface area contributed by atoms with Crippen LogP contribution in [0.15, 0.2) is 30.5 Å². The molecule has 0 radical (unpaired) electrons. The Morgan fingerprint density at radius 1 is 1.07 bits per heavy atom. The zero-order valence-electron chi connectivity index (χ0n) is 13.9. The summed E-state index contributed by atoms with van der Waals surface area (Å²) >= 11 is 0. The molecule has 1 saturated heterocycles. The van der Waals surface area contributed by atoms with Crippen LogP contribution in [0.2, 0.25) is 0 Å². The quantitative estimate of drug-likeness (QED) is 0.273. The van der Waals surface area contributed by atoms with Gasteiger partial charge in [0.2, 0.25) is 6.29 Å². The summed E-state index contributed by atoms with van der Waals surface area (Å²) in [5.74, 6) is 0.374. The average Bonchev–Trinajstić information content (AvgIpc) is 3.16. The molecule has 1 aromatic carbocycles. The maximum Gasteiger partial charge on any atom is 0.229 e. The zero-order chi connectivity index (χ0) is 18.7. The van der Waals surface area contributed by atoms with E-state index >= 15 is 0 Å². The van der Waals surface area contributed by atoms with Crippen molar-refractivity contribution < 1.29 is 55.6 Å². The zero-order valence-corrected chi connectivity index (χ0v) is 17.8. The number of aliphatic hydroxyl groups excluding tert-OH is 3. The largest absolute Gasteiger partial charge is 0.462 e. The van der Waals surface area contributed by atoms with Crippen LogP contribution in [-0.2, 0) is 25.8 Å². The molecule has 5 atom stereocenters. The summed E-state index contributed by atoms with van der Waals surface area (Å²) in [7, 11) is -2.15. The van der Waals surface area contributed by atoms with E-state index in [2.05, 4.69) is 15.4 Å². The van der Waals surface area contributed by atoms with Gasteiger partial charge in [0, 0.05) is 27.2 Å². The summed E-state index contributed by atoms with van der Waals surface area (Å²) in [6.07, 6.45) is -4.78. The number of aromatic nitrogens is 3. The predicted molar refractivity (Wildman–Crippen MR) is 88.9 cm³/mol. The summed E-state index contributed by atoms with van der Waals surface area (Å²) < 4.78 is 11.1. The fraction of sp³-hybridized carbons (Fsp3) is 0.467. The Morgan fingerprint density at radius 3 is 2.37 bits per heavy atom. The molecule has 27 heavy (non-hydrogen) atoms. The van der Waals surface area contributed by atoms with Crippen molar-refractivity contribution in [1.29, 1.82) is 0 Å². The molecule has 0 bridgehead atoms. The number of aliphatic hydroxyl groups is 3. The van der Waals surface area contributed by atoms with E-state index < -0.39 is 39.1 Å². The summed E-state index contributed by atoms with van der Waals surface area (Å²) in [4.78, 5) is 18.0.